The molecule has 2 atom stereocenters. The Labute approximate surface area is 124 Å². The van der Waals surface area contributed by atoms with E-state index in [4.69, 9.17) is 15.9 Å². The number of hydrogen-bond acceptors (Lipinski definition) is 4. The molecule has 0 aromatic heterocycles. The molecule has 0 aliphatic carbocycles. The van der Waals surface area contributed by atoms with Crippen molar-refractivity contribution in [1.82, 2.24) is 10.6 Å². The minimum atomic E-state index is -0.214. The summed E-state index contributed by atoms with van der Waals surface area (Å²) in [6, 6.07) is 7.05. The second-order valence-electron chi connectivity index (χ2n) is 5.54. The summed E-state index contributed by atoms with van der Waals surface area (Å²) < 4.78 is 5.86. The van der Waals surface area contributed by atoms with Crippen LogP contribution in [0.4, 0.5) is 0 Å². The van der Waals surface area contributed by atoms with Crippen molar-refractivity contribution in [2.75, 3.05) is 6.54 Å². The molecule has 1 aliphatic heterocycles. The van der Waals surface area contributed by atoms with Gasteiger partial charge in [-0.25, -0.2) is 0 Å². The zero-order valence-corrected chi connectivity index (χ0v) is 12.3. The summed E-state index contributed by atoms with van der Waals surface area (Å²) >= 11 is 0. The average molecular weight is 290 g/mol. The molecular formula is C15H22N4O2. The monoisotopic (exact) mass is 290 g/mol. The molecule has 1 aromatic carbocycles. The summed E-state index contributed by atoms with van der Waals surface area (Å²) in [6.45, 7) is 4.50. The molecule has 0 bridgehead atoms. The van der Waals surface area contributed by atoms with Gasteiger partial charge in [-0.1, -0.05) is 12.1 Å². The second kappa shape index (κ2) is 6.58. The predicted molar refractivity (Wildman–Crippen MR) is 81.6 cm³/mol. The van der Waals surface area contributed by atoms with Crippen LogP contribution in [0.1, 0.15) is 25.8 Å². The number of carbonyl (C=O) groups is 1. The molecule has 21 heavy (non-hydrogen) atoms. The van der Waals surface area contributed by atoms with Crippen LogP contribution in [0.25, 0.3) is 0 Å². The normalized spacial score (nSPS) is 21.3. The van der Waals surface area contributed by atoms with E-state index in [1.54, 1.807) is 18.2 Å². The molecular weight excluding hydrogens is 268 g/mol. The first-order chi connectivity index (χ1) is 9.95. The second-order valence-corrected chi connectivity index (χ2v) is 5.54. The van der Waals surface area contributed by atoms with Crippen LogP contribution in [0, 0.1) is 5.41 Å². The van der Waals surface area contributed by atoms with Crippen LogP contribution in [0.5, 0.6) is 5.75 Å². The van der Waals surface area contributed by atoms with Crippen molar-refractivity contribution in [1.29, 1.82) is 5.41 Å². The van der Waals surface area contributed by atoms with Gasteiger partial charge >= 0.3 is 0 Å². The number of amidine groups is 1. The van der Waals surface area contributed by atoms with Crippen molar-refractivity contribution in [3.8, 4) is 5.75 Å². The molecule has 0 spiro atoms. The van der Waals surface area contributed by atoms with E-state index < -0.39 is 0 Å². The van der Waals surface area contributed by atoms with E-state index in [0.717, 1.165) is 0 Å². The highest BCUT2D eigenvalue weighted by Crippen LogP contribution is 2.18. The molecule has 1 heterocycles. The van der Waals surface area contributed by atoms with Crippen molar-refractivity contribution in [3.63, 3.8) is 0 Å². The molecule has 2 rings (SSSR count). The first kappa shape index (κ1) is 15.3. The maximum atomic E-state index is 11.9. The molecule has 1 amide bonds. The number of rotatable bonds is 5. The van der Waals surface area contributed by atoms with Crippen molar-refractivity contribution in [2.45, 2.75) is 38.5 Å². The third-order valence-electron chi connectivity index (χ3n) is 3.29. The van der Waals surface area contributed by atoms with Crippen molar-refractivity contribution >= 4 is 11.7 Å². The Bertz CT molecular complexity index is 530. The summed E-state index contributed by atoms with van der Waals surface area (Å²) in [5.41, 5.74) is 6.09. The Hall–Kier alpha value is -2.08. The van der Waals surface area contributed by atoms with Crippen LogP contribution in [0.2, 0.25) is 0 Å². The first-order valence-corrected chi connectivity index (χ1v) is 7.10. The topological polar surface area (TPSA) is 100 Å². The van der Waals surface area contributed by atoms with Gasteiger partial charge in [0.05, 0.1) is 6.04 Å². The number of hydrogen-bond donors (Lipinski definition) is 4. The number of ether oxygens (including phenoxy) is 1. The number of nitrogens with two attached hydrogens (primary N) is 1. The van der Waals surface area contributed by atoms with Crippen LogP contribution in [-0.2, 0) is 4.79 Å². The third-order valence-corrected chi connectivity index (χ3v) is 3.29. The van der Waals surface area contributed by atoms with Crippen molar-refractivity contribution in [2.24, 2.45) is 5.73 Å². The van der Waals surface area contributed by atoms with Crippen LogP contribution in [0.3, 0.4) is 0 Å². The number of benzene rings is 1. The molecule has 0 saturated carbocycles. The average Bonchev–Trinajstić information content (AvgIpc) is 2.87. The summed E-state index contributed by atoms with van der Waals surface area (Å²) in [5, 5.41) is 13.5. The molecule has 114 valence electrons. The zero-order chi connectivity index (χ0) is 15.4. The van der Waals surface area contributed by atoms with Gasteiger partial charge in [0.25, 0.3) is 0 Å². The Morgan fingerprint density at radius 3 is 2.95 bits per heavy atom. The minimum Gasteiger partial charge on any atom is -0.489 e. The largest absolute Gasteiger partial charge is 0.489 e. The number of amides is 1. The minimum absolute atomic E-state index is 0.00795. The molecule has 1 saturated heterocycles. The Kier molecular flexibility index (Phi) is 4.80. The highest BCUT2D eigenvalue weighted by Gasteiger charge is 2.30. The number of nitrogen functional groups attached to an aromatic ring is 1. The maximum absolute atomic E-state index is 11.9. The fourth-order valence-electron chi connectivity index (χ4n) is 2.31. The highest BCUT2D eigenvalue weighted by atomic mass is 16.5. The Balaban J connectivity index is 1.92. The fraction of sp³-hybridized carbons (Fsp3) is 0.467. The van der Waals surface area contributed by atoms with Gasteiger partial charge in [0.15, 0.2) is 0 Å². The van der Waals surface area contributed by atoms with Gasteiger partial charge in [0, 0.05) is 24.6 Å². The Morgan fingerprint density at radius 1 is 1.52 bits per heavy atom. The molecule has 6 nitrogen and oxygen atoms in total. The summed E-state index contributed by atoms with van der Waals surface area (Å²) in [5.74, 6) is 0.687. The lowest BCUT2D eigenvalue weighted by molar-refractivity contribution is -0.123. The van der Waals surface area contributed by atoms with E-state index in [9.17, 15) is 4.79 Å². The lowest BCUT2D eigenvalue weighted by Crippen LogP contribution is -2.43. The third kappa shape index (κ3) is 4.19. The summed E-state index contributed by atoms with van der Waals surface area (Å²) in [6.07, 6.45) is 0.568. The van der Waals surface area contributed by atoms with Crippen LogP contribution in [0.15, 0.2) is 24.3 Å². The van der Waals surface area contributed by atoms with Crippen LogP contribution < -0.4 is 21.1 Å². The first-order valence-electron chi connectivity index (χ1n) is 7.10. The van der Waals surface area contributed by atoms with E-state index in [0.29, 0.717) is 24.3 Å². The molecule has 1 aliphatic rings. The van der Waals surface area contributed by atoms with Crippen LogP contribution >= 0.6 is 0 Å². The van der Waals surface area contributed by atoms with Gasteiger partial charge in [-0.2, -0.15) is 0 Å². The van der Waals surface area contributed by atoms with Crippen LogP contribution in [-0.4, -0.2) is 36.5 Å². The summed E-state index contributed by atoms with van der Waals surface area (Å²) in [4.78, 5) is 11.9. The molecule has 6 heteroatoms. The lowest BCUT2D eigenvalue weighted by Gasteiger charge is -2.15. The van der Waals surface area contributed by atoms with Gasteiger partial charge in [-0.15, -0.1) is 0 Å². The smallest absolute Gasteiger partial charge is 0.237 e. The standard InChI is InChI=1S/C15H22N4O2/c1-9(2)19-15(20)13-7-12(8-18-13)21-11-5-3-4-10(6-11)14(16)17/h3-6,9,12-13,18H,7-8H2,1-2H3,(H3,16,17)(H,19,20)/t12-,13+/m1/s1. The van der Waals surface area contributed by atoms with Gasteiger partial charge in [0.1, 0.15) is 17.7 Å². The lowest BCUT2D eigenvalue weighted by atomic mass is 10.1. The summed E-state index contributed by atoms with van der Waals surface area (Å²) in [7, 11) is 0. The van der Waals surface area contributed by atoms with E-state index >= 15 is 0 Å². The van der Waals surface area contributed by atoms with Gasteiger partial charge in [0.2, 0.25) is 5.91 Å². The number of nitrogens with one attached hydrogen (secondary N) is 3. The molecule has 1 fully saturated rings. The molecule has 0 radical (unpaired) electrons. The number of carbonyl (C=O) groups excluding carboxylic acids is 1. The van der Waals surface area contributed by atoms with Gasteiger partial charge < -0.3 is 21.1 Å². The van der Waals surface area contributed by atoms with E-state index in [1.165, 1.54) is 0 Å². The van der Waals surface area contributed by atoms with Crippen molar-refractivity contribution in [3.05, 3.63) is 29.8 Å². The molecule has 0 unspecified atom stereocenters. The van der Waals surface area contributed by atoms with E-state index in [2.05, 4.69) is 10.6 Å². The van der Waals surface area contributed by atoms with E-state index in [1.807, 2.05) is 19.9 Å². The highest BCUT2D eigenvalue weighted by molar-refractivity contribution is 5.95. The van der Waals surface area contributed by atoms with E-state index in [-0.39, 0.29) is 29.9 Å². The zero-order valence-electron chi connectivity index (χ0n) is 12.3. The maximum Gasteiger partial charge on any atom is 0.237 e. The predicted octanol–water partition coefficient (Wildman–Crippen LogP) is 0.605. The molecule has 5 N–H and O–H groups in total. The van der Waals surface area contributed by atoms with Crippen molar-refractivity contribution < 1.29 is 9.53 Å². The fourth-order valence-corrected chi connectivity index (χ4v) is 2.31. The Morgan fingerprint density at radius 2 is 2.29 bits per heavy atom. The van der Waals surface area contributed by atoms with Gasteiger partial charge in [-0.05, 0) is 26.0 Å². The molecule has 1 aromatic rings. The quantitative estimate of drug-likeness (QED) is 0.471. The van der Waals surface area contributed by atoms with Gasteiger partial charge in [-0.3, -0.25) is 10.2 Å². The SMILES string of the molecule is CC(C)NC(=O)[C@@H]1C[C@@H](Oc2cccc(C(=N)N)c2)CN1.